The van der Waals surface area contributed by atoms with E-state index < -0.39 is 23.2 Å². The number of nitrogens with zero attached hydrogens (tertiary/aromatic N) is 1. The highest BCUT2D eigenvalue weighted by molar-refractivity contribution is 8.14. The second-order valence-electron chi connectivity index (χ2n) is 3.61. The van der Waals surface area contributed by atoms with Crippen molar-refractivity contribution >= 4 is 16.9 Å². The van der Waals surface area contributed by atoms with Crippen LogP contribution in [0.3, 0.4) is 0 Å². The Hall–Kier alpha value is -0.340. The lowest BCUT2D eigenvalue weighted by atomic mass is 9.89. The molecular weight excluding hydrogens is 220 g/mol. The first-order valence-electron chi connectivity index (χ1n) is 4.67. The molecule has 2 heterocycles. The zero-order chi connectivity index (χ0) is 11.1. The van der Waals surface area contributed by atoms with Gasteiger partial charge in [0.15, 0.2) is 10.7 Å². The molecule has 4 atom stereocenters. The highest BCUT2D eigenvalue weighted by atomic mass is 32.2. The number of nitrogens with one attached hydrogen (secondary N) is 1. The molecule has 2 aliphatic rings. The maximum absolute atomic E-state index is 9.87. The van der Waals surface area contributed by atoms with Gasteiger partial charge in [0.05, 0.1) is 13.2 Å². The lowest BCUT2D eigenvalue weighted by molar-refractivity contribution is -0.150. The van der Waals surface area contributed by atoms with E-state index in [9.17, 15) is 15.3 Å². The maximum Gasteiger partial charge on any atom is 0.159 e. The Morgan fingerprint density at radius 1 is 1.67 bits per heavy atom. The van der Waals surface area contributed by atoms with Crippen LogP contribution in [0.4, 0.5) is 0 Å². The standard InChI is InChI=1S/C8H14N2O4S/c1-9-7-10-8(3-11)5(13)4(12)2-14-6(8)15-7/h4-6,11-13H,2-3H2,1H3,(H,9,10). The summed E-state index contributed by atoms with van der Waals surface area (Å²) in [5.74, 6) is 0. The summed E-state index contributed by atoms with van der Waals surface area (Å²) in [5, 5.41) is 32.2. The predicted octanol–water partition coefficient (Wildman–Crippen LogP) is -1.88. The smallest absolute Gasteiger partial charge is 0.159 e. The largest absolute Gasteiger partial charge is 0.394 e. The van der Waals surface area contributed by atoms with E-state index >= 15 is 0 Å². The van der Waals surface area contributed by atoms with Gasteiger partial charge in [0, 0.05) is 7.05 Å². The first-order valence-corrected chi connectivity index (χ1v) is 5.55. The monoisotopic (exact) mass is 234 g/mol. The second kappa shape index (κ2) is 3.91. The van der Waals surface area contributed by atoms with Crippen LogP contribution in [-0.2, 0) is 4.74 Å². The van der Waals surface area contributed by atoms with Gasteiger partial charge in [-0.05, 0) is 0 Å². The molecule has 86 valence electrons. The quantitative estimate of drug-likeness (QED) is 0.424. The normalized spacial score (nSPS) is 44.8. The van der Waals surface area contributed by atoms with Crippen LogP contribution in [0.25, 0.3) is 0 Å². The van der Waals surface area contributed by atoms with Crippen LogP contribution in [0.1, 0.15) is 0 Å². The average Bonchev–Trinajstić information content (AvgIpc) is 2.64. The number of aliphatic imine (C=N–C) groups is 1. The first-order chi connectivity index (χ1) is 7.14. The first kappa shape index (κ1) is 11.2. The molecule has 0 aromatic heterocycles. The summed E-state index contributed by atoms with van der Waals surface area (Å²) < 4.78 is 5.35. The second-order valence-corrected chi connectivity index (χ2v) is 4.66. The minimum absolute atomic E-state index is 0.0626. The van der Waals surface area contributed by atoms with Gasteiger partial charge in [-0.25, -0.2) is 4.99 Å². The van der Waals surface area contributed by atoms with E-state index in [0.717, 1.165) is 0 Å². The number of rotatable bonds is 1. The van der Waals surface area contributed by atoms with Gasteiger partial charge in [-0.2, -0.15) is 0 Å². The van der Waals surface area contributed by atoms with Gasteiger partial charge in [-0.3, -0.25) is 0 Å². The van der Waals surface area contributed by atoms with E-state index in [2.05, 4.69) is 10.3 Å². The van der Waals surface area contributed by atoms with Crippen molar-refractivity contribution in [2.24, 2.45) is 4.99 Å². The molecule has 0 aliphatic carbocycles. The molecule has 4 unspecified atom stereocenters. The van der Waals surface area contributed by atoms with E-state index in [0.29, 0.717) is 5.17 Å². The number of ether oxygens (including phenoxy) is 1. The van der Waals surface area contributed by atoms with Crippen molar-refractivity contribution in [1.82, 2.24) is 5.32 Å². The van der Waals surface area contributed by atoms with Gasteiger partial charge < -0.3 is 25.4 Å². The number of aliphatic hydroxyl groups excluding tert-OH is 3. The van der Waals surface area contributed by atoms with E-state index in [-0.39, 0.29) is 13.2 Å². The highest BCUT2D eigenvalue weighted by Crippen LogP contribution is 2.41. The molecule has 0 spiro atoms. The number of hydrogen-bond donors (Lipinski definition) is 4. The Labute approximate surface area is 91.3 Å². The van der Waals surface area contributed by atoms with Gasteiger partial charge >= 0.3 is 0 Å². The van der Waals surface area contributed by atoms with E-state index in [1.54, 1.807) is 7.05 Å². The van der Waals surface area contributed by atoms with Crippen molar-refractivity contribution in [3.8, 4) is 0 Å². The summed E-state index contributed by atoms with van der Waals surface area (Å²) in [6, 6.07) is 0. The van der Waals surface area contributed by atoms with Crippen LogP contribution in [-0.4, -0.2) is 63.9 Å². The fraction of sp³-hybridized carbons (Fsp3) is 0.875. The lowest BCUT2D eigenvalue weighted by Crippen LogP contribution is -2.61. The van der Waals surface area contributed by atoms with Gasteiger partial charge in [0.1, 0.15) is 17.6 Å². The third-order valence-electron chi connectivity index (χ3n) is 2.70. The summed E-state index contributed by atoms with van der Waals surface area (Å²) in [4.78, 5) is 4.19. The van der Waals surface area contributed by atoms with Gasteiger partial charge in [-0.15, -0.1) is 0 Å². The van der Waals surface area contributed by atoms with E-state index in [1.165, 1.54) is 11.8 Å². The van der Waals surface area contributed by atoms with Crippen LogP contribution < -0.4 is 5.32 Å². The topological polar surface area (TPSA) is 94.3 Å². The maximum atomic E-state index is 9.87. The molecule has 1 saturated heterocycles. The van der Waals surface area contributed by atoms with Crippen molar-refractivity contribution in [1.29, 1.82) is 0 Å². The highest BCUT2D eigenvalue weighted by Gasteiger charge is 2.56. The van der Waals surface area contributed by atoms with Crippen molar-refractivity contribution in [2.45, 2.75) is 23.2 Å². The molecule has 6 nitrogen and oxygen atoms in total. The van der Waals surface area contributed by atoms with Crippen LogP contribution in [0.5, 0.6) is 0 Å². The molecule has 0 saturated carbocycles. The lowest BCUT2D eigenvalue weighted by Gasteiger charge is -2.41. The summed E-state index contributed by atoms with van der Waals surface area (Å²) in [6.07, 6.45) is -2.10. The summed E-state index contributed by atoms with van der Waals surface area (Å²) in [7, 11) is 1.71. The number of fused-ring (bicyclic) bond motifs is 1. The zero-order valence-corrected chi connectivity index (χ0v) is 9.07. The number of amidine groups is 1. The van der Waals surface area contributed by atoms with Crippen LogP contribution in [0.15, 0.2) is 4.99 Å². The summed E-state index contributed by atoms with van der Waals surface area (Å²) in [6.45, 7) is -0.291. The Balaban J connectivity index is 2.31. The SMILES string of the molecule is CNC1=NC2(CO)C(OCC(O)C2O)S1. The van der Waals surface area contributed by atoms with E-state index in [4.69, 9.17) is 4.74 Å². The van der Waals surface area contributed by atoms with E-state index in [1.807, 2.05) is 0 Å². The third-order valence-corrected chi connectivity index (χ3v) is 3.98. The van der Waals surface area contributed by atoms with Gasteiger partial charge in [0.25, 0.3) is 0 Å². The predicted molar refractivity (Wildman–Crippen MR) is 55.7 cm³/mol. The molecule has 2 aliphatic heterocycles. The number of hydrogen-bond acceptors (Lipinski definition) is 7. The molecule has 0 amide bonds. The molecule has 0 aromatic carbocycles. The fourth-order valence-corrected chi connectivity index (χ4v) is 2.94. The van der Waals surface area contributed by atoms with Crippen molar-refractivity contribution in [2.75, 3.05) is 20.3 Å². The van der Waals surface area contributed by atoms with Crippen molar-refractivity contribution in [3.63, 3.8) is 0 Å². The average molecular weight is 234 g/mol. The van der Waals surface area contributed by atoms with Crippen molar-refractivity contribution < 1.29 is 20.1 Å². The molecule has 0 bridgehead atoms. The van der Waals surface area contributed by atoms with Crippen LogP contribution in [0.2, 0.25) is 0 Å². The minimum atomic E-state index is -1.14. The summed E-state index contributed by atoms with van der Waals surface area (Å²) >= 11 is 1.31. The van der Waals surface area contributed by atoms with Gasteiger partial charge in [0.2, 0.25) is 0 Å². The fourth-order valence-electron chi connectivity index (χ4n) is 1.78. The molecule has 2 rings (SSSR count). The van der Waals surface area contributed by atoms with Crippen molar-refractivity contribution in [3.05, 3.63) is 0 Å². The zero-order valence-electron chi connectivity index (χ0n) is 8.25. The Kier molecular flexibility index (Phi) is 2.91. The van der Waals surface area contributed by atoms with Crippen LogP contribution in [0, 0.1) is 0 Å². The minimum Gasteiger partial charge on any atom is -0.394 e. The molecule has 0 radical (unpaired) electrons. The number of thioether (sulfide) groups is 1. The molecule has 7 heteroatoms. The Morgan fingerprint density at radius 2 is 2.40 bits per heavy atom. The molecule has 4 N–H and O–H groups in total. The number of aliphatic hydroxyl groups is 3. The summed E-state index contributed by atoms with van der Waals surface area (Å²) in [5.41, 5.74) is -1.58. The molecule has 1 fully saturated rings. The Morgan fingerprint density at radius 3 is 3.00 bits per heavy atom. The molecular formula is C8H14N2O4S. The molecule has 15 heavy (non-hydrogen) atoms. The molecule has 0 aromatic rings. The third kappa shape index (κ3) is 1.55. The van der Waals surface area contributed by atoms with Gasteiger partial charge in [-0.1, -0.05) is 11.8 Å². The Bertz CT molecular complexity index is 288. The van der Waals surface area contributed by atoms with Crippen LogP contribution >= 0.6 is 11.8 Å².